The van der Waals surface area contributed by atoms with Crippen molar-refractivity contribution in [1.29, 1.82) is 0 Å². The maximum absolute atomic E-state index is 11.9. The second-order valence-corrected chi connectivity index (χ2v) is 5.91. The molecule has 1 aliphatic carbocycles. The van der Waals surface area contributed by atoms with Crippen LogP contribution in [0, 0.1) is 12.8 Å². The van der Waals surface area contributed by atoms with Crippen LogP contribution in [0.3, 0.4) is 0 Å². The fourth-order valence-electron chi connectivity index (χ4n) is 2.83. The molecule has 1 aromatic carbocycles. The molecule has 1 amide bonds. The Morgan fingerprint density at radius 3 is 2.65 bits per heavy atom. The fraction of sp³-hybridized carbons (Fsp3) is 0.588. The first-order valence-corrected chi connectivity index (χ1v) is 7.64. The molecule has 2 N–H and O–H groups in total. The zero-order valence-corrected chi connectivity index (χ0v) is 12.3. The Labute approximate surface area is 121 Å². The summed E-state index contributed by atoms with van der Waals surface area (Å²) in [6, 6.07) is 8.22. The molecule has 0 radical (unpaired) electrons. The lowest BCUT2D eigenvalue weighted by Gasteiger charge is -2.25. The Hall–Kier alpha value is -1.35. The van der Waals surface area contributed by atoms with E-state index in [0.29, 0.717) is 12.3 Å². The van der Waals surface area contributed by atoms with Gasteiger partial charge in [-0.2, -0.15) is 0 Å². The number of amides is 1. The molecule has 1 fully saturated rings. The molecular weight excluding hydrogens is 250 g/mol. The van der Waals surface area contributed by atoms with E-state index in [1.807, 2.05) is 12.1 Å². The van der Waals surface area contributed by atoms with Crippen LogP contribution in [0.2, 0.25) is 0 Å². The van der Waals surface area contributed by atoms with Crippen molar-refractivity contribution >= 4 is 5.91 Å². The second kappa shape index (κ2) is 7.44. The summed E-state index contributed by atoms with van der Waals surface area (Å²) in [5, 5.41) is 12.5. The summed E-state index contributed by atoms with van der Waals surface area (Å²) < 4.78 is 0. The molecule has 0 aliphatic heterocycles. The predicted octanol–water partition coefficient (Wildman–Crippen LogP) is 2.59. The minimum atomic E-state index is -0.122. The van der Waals surface area contributed by atoms with E-state index in [9.17, 15) is 9.90 Å². The molecule has 0 spiro atoms. The van der Waals surface area contributed by atoms with Crippen LogP contribution in [0.5, 0.6) is 0 Å². The van der Waals surface area contributed by atoms with Crippen molar-refractivity contribution in [2.75, 3.05) is 6.54 Å². The standard InChI is InChI=1S/C17H25NO2/c1-13-4-2-3-5-15(13)8-11-17(20)18-12-14-6-9-16(19)10-7-14/h2-5,14,16,19H,6-12H2,1H3,(H,18,20). The third kappa shape index (κ3) is 4.64. The number of nitrogens with one attached hydrogen (secondary N) is 1. The number of hydrogen-bond donors (Lipinski definition) is 2. The number of hydrogen-bond acceptors (Lipinski definition) is 2. The number of aliphatic hydroxyl groups is 1. The number of aryl methyl sites for hydroxylation is 2. The zero-order valence-electron chi connectivity index (χ0n) is 12.3. The molecule has 0 atom stereocenters. The van der Waals surface area contributed by atoms with Gasteiger partial charge in [-0.3, -0.25) is 4.79 Å². The summed E-state index contributed by atoms with van der Waals surface area (Å²) in [6.45, 7) is 2.85. The van der Waals surface area contributed by atoms with E-state index >= 15 is 0 Å². The van der Waals surface area contributed by atoms with E-state index in [-0.39, 0.29) is 12.0 Å². The van der Waals surface area contributed by atoms with Gasteiger partial charge >= 0.3 is 0 Å². The highest BCUT2D eigenvalue weighted by Gasteiger charge is 2.19. The van der Waals surface area contributed by atoms with Crippen LogP contribution in [-0.4, -0.2) is 23.7 Å². The molecule has 1 aliphatic rings. The van der Waals surface area contributed by atoms with Gasteiger partial charge in [0.25, 0.3) is 0 Å². The van der Waals surface area contributed by atoms with Gasteiger partial charge in [0.1, 0.15) is 0 Å². The van der Waals surface area contributed by atoms with Crippen molar-refractivity contribution < 1.29 is 9.90 Å². The normalized spacial score (nSPS) is 22.5. The summed E-state index contributed by atoms with van der Waals surface area (Å²) in [4.78, 5) is 11.9. The molecule has 110 valence electrons. The topological polar surface area (TPSA) is 49.3 Å². The number of carbonyl (C=O) groups excluding carboxylic acids is 1. The van der Waals surface area contributed by atoms with Crippen LogP contribution < -0.4 is 5.32 Å². The lowest BCUT2D eigenvalue weighted by molar-refractivity contribution is -0.121. The molecular formula is C17H25NO2. The summed E-state index contributed by atoms with van der Waals surface area (Å²) in [5.41, 5.74) is 2.50. The summed E-state index contributed by atoms with van der Waals surface area (Å²) in [7, 11) is 0. The number of rotatable bonds is 5. The van der Waals surface area contributed by atoms with E-state index in [2.05, 4.69) is 24.4 Å². The van der Waals surface area contributed by atoms with Crippen LogP contribution in [0.25, 0.3) is 0 Å². The summed E-state index contributed by atoms with van der Waals surface area (Å²) in [6.07, 6.45) is 5.05. The van der Waals surface area contributed by atoms with Crippen molar-refractivity contribution in [3.63, 3.8) is 0 Å². The molecule has 0 unspecified atom stereocenters. The Morgan fingerprint density at radius 2 is 1.95 bits per heavy atom. The number of carbonyl (C=O) groups is 1. The highest BCUT2D eigenvalue weighted by molar-refractivity contribution is 5.76. The van der Waals surface area contributed by atoms with Crippen LogP contribution in [0.4, 0.5) is 0 Å². The van der Waals surface area contributed by atoms with Gasteiger partial charge in [0, 0.05) is 13.0 Å². The van der Waals surface area contributed by atoms with Gasteiger partial charge in [-0.05, 0) is 56.1 Å². The number of benzene rings is 1. The molecule has 0 bridgehead atoms. The van der Waals surface area contributed by atoms with Crippen LogP contribution in [-0.2, 0) is 11.2 Å². The highest BCUT2D eigenvalue weighted by atomic mass is 16.3. The van der Waals surface area contributed by atoms with Gasteiger partial charge in [0.05, 0.1) is 6.10 Å². The summed E-state index contributed by atoms with van der Waals surface area (Å²) in [5.74, 6) is 0.681. The molecule has 3 heteroatoms. The monoisotopic (exact) mass is 275 g/mol. The molecule has 1 saturated carbocycles. The van der Waals surface area contributed by atoms with Crippen LogP contribution in [0.15, 0.2) is 24.3 Å². The third-order valence-electron chi connectivity index (χ3n) is 4.29. The minimum Gasteiger partial charge on any atom is -0.393 e. The van der Waals surface area contributed by atoms with Gasteiger partial charge in [-0.15, -0.1) is 0 Å². The Balaban J connectivity index is 1.67. The first-order chi connectivity index (χ1) is 9.65. The van der Waals surface area contributed by atoms with Crippen molar-refractivity contribution in [2.45, 2.75) is 51.6 Å². The van der Waals surface area contributed by atoms with Crippen molar-refractivity contribution in [3.05, 3.63) is 35.4 Å². The fourth-order valence-corrected chi connectivity index (χ4v) is 2.83. The van der Waals surface area contributed by atoms with Crippen molar-refractivity contribution in [3.8, 4) is 0 Å². The van der Waals surface area contributed by atoms with E-state index in [1.165, 1.54) is 11.1 Å². The smallest absolute Gasteiger partial charge is 0.220 e. The first kappa shape index (κ1) is 15.0. The quantitative estimate of drug-likeness (QED) is 0.868. The predicted molar refractivity (Wildman–Crippen MR) is 80.5 cm³/mol. The van der Waals surface area contributed by atoms with Crippen molar-refractivity contribution in [1.82, 2.24) is 5.32 Å². The maximum Gasteiger partial charge on any atom is 0.220 e. The SMILES string of the molecule is Cc1ccccc1CCC(=O)NCC1CCC(O)CC1. The van der Waals surface area contributed by atoms with Gasteiger partial charge in [0.15, 0.2) is 0 Å². The molecule has 0 saturated heterocycles. The van der Waals surface area contributed by atoms with E-state index in [1.54, 1.807) is 0 Å². The van der Waals surface area contributed by atoms with E-state index in [4.69, 9.17) is 0 Å². The van der Waals surface area contributed by atoms with Gasteiger partial charge < -0.3 is 10.4 Å². The minimum absolute atomic E-state index is 0.122. The molecule has 2 rings (SSSR count). The average molecular weight is 275 g/mol. The largest absolute Gasteiger partial charge is 0.393 e. The Kier molecular flexibility index (Phi) is 5.60. The Morgan fingerprint density at radius 1 is 1.25 bits per heavy atom. The van der Waals surface area contributed by atoms with Crippen LogP contribution in [0.1, 0.15) is 43.2 Å². The Bertz CT molecular complexity index is 436. The van der Waals surface area contributed by atoms with E-state index < -0.39 is 0 Å². The van der Waals surface area contributed by atoms with Gasteiger partial charge in [0.2, 0.25) is 5.91 Å². The first-order valence-electron chi connectivity index (χ1n) is 7.64. The van der Waals surface area contributed by atoms with Gasteiger partial charge in [-0.1, -0.05) is 24.3 Å². The number of aliphatic hydroxyl groups excluding tert-OH is 1. The molecule has 20 heavy (non-hydrogen) atoms. The van der Waals surface area contributed by atoms with Crippen LogP contribution >= 0.6 is 0 Å². The summed E-state index contributed by atoms with van der Waals surface area (Å²) >= 11 is 0. The zero-order chi connectivity index (χ0) is 14.4. The molecule has 3 nitrogen and oxygen atoms in total. The lowest BCUT2D eigenvalue weighted by Crippen LogP contribution is -2.32. The maximum atomic E-state index is 11.9. The van der Waals surface area contributed by atoms with Crippen molar-refractivity contribution in [2.24, 2.45) is 5.92 Å². The second-order valence-electron chi connectivity index (χ2n) is 5.91. The average Bonchev–Trinajstić information content (AvgIpc) is 2.46. The van der Waals surface area contributed by atoms with Gasteiger partial charge in [-0.25, -0.2) is 0 Å². The highest BCUT2D eigenvalue weighted by Crippen LogP contribution is 2.23. The molecule has 1 aromatic rings. The lowest BCUT2D eigenvalue weighted by atomic mass is 9.87. The third-order valence-corrected chi connectivity index (χ3v) is 4.29. The molecule has 0 heterocycles. The van der Waals surface area contributed by atoms with E-state index in [0.717, 1.165) is 38.6 Å². The molecule has 0 aromatic heterocycles.